The van der Waals surface area contributed by atoms with Crippen LogP contribution < -0.4 is 40.4 Å². The predicted octanol–water partition coefficient (Wildman–Crippen LogP) is -3.01. The van der Waals surface area contributed by atoms with E-state index in [4.69, 9.17) is 14.8 Å². The molecule has 2 rings (SSSR count). The summed E-state index contributed by atoms with van der Waals surface area (Å²) in [5, 5.41) is 11.3. The first kappa shape index (κ1) is 18.2. The van der Waals surface area contributed by atoms with Crippen molar-refractivity contribution in [2.24, 2.45) is 0 Å². The van der Waals surface area contributed by atoms with E-state index in [1.807, 2.05) is 0 Å². The number of anilines is 1. The van der Waals surface area contributed by atoms with Crippen molar-refractivity contribution < 1.29 is 60.6 Å². The molecule has 0 saturated heterocycles. The van der Waals surface area contributed by atoms with Crippen molar-refractivity contribution >= 4 is 36.7 Å². The number of benzene rings is 2. The molecule has 0 heterocycles. The molecule has 0 amide bonds. The molecule has 0 spiro atoms. The largest absolute Gasteiger partial charge is 1.00 e. The molecule has 108 valence electrons. The summed E-state index contributed by atoms with van der Waals surface area (Å²) in [6.45, 7) is 0. The number of nitrogen functional groups attached to an aromatic ring is 1. The standard InChI is InChI=1S/C10H9NO7S2.Na/c11-6-2-4-7(19(13,14)15)5-1-3-8(20(16,17)18)10(12)9(5)6;/h1-4,12H,11H2,(H,13,14,15)(H,16,17,18);/q;+1/p-1. The fraction of sp³-hybridized carbons (Fsp3) is 0. The third-order valence-corrected chi connectivity index (χ3v) is 4.43. The van der Waals surface area contributed by atoms with Crippen LogP contribution in [-0.2, 0) is 20.2 Å². The number of fused-ring (bicyclic) bond motifs is 1. The summed E-state index contributed by atoms with van der Waals surface area (Å²) in [5.41, 5.74) is 5.35. The Kier molecular flexibility index (Phi) is 4.95. The zero-order valence-electron chi connectivity index (χ0n) is 10.6. The molecule has 0 unspecified atom stereocenters. The van der Waals surface area contributed by atoms with Crippen molar-refractivity contribution in [2.75, 3.05) is 5.73 Å². The van der Waals surface area contributed by atoms with Crippen molar-refractivity contribution in [3.8, 4) is 5.75 Å². The van der Waals surface area contributed by atoms with E-state index in [0.29, 0.717) is 0 Å². The fourth-order valence-corrected chi connectivity index (χ4v) is 3.09. The summed E-state index contributed by atoms with van der Waals surface area (Å²) in [6, 6.07) is 3.74. The second-order valence-corrected chi connectivity index (χ2v) is 6.70. The molecule has 21 heavy (non-hydrogen) atoms. The molecule has 2 aromatic rings. The van der Waals surface area contributed by atoms with Gasteiger partial charge in [0.1, 0.15) is 4.90 Å². The summed E-state index contributed by atoms with van der Waals surface area (Å²) in [5.74, 6) is -1.15. The minimum absolute atomic E-state index is 0. The summed E-state index contributed by atoms with van der Waals surface area (Å²) in [6.07, 6.45) is 0. The monoisotopic (exact) mass is 341 g/mol. The molecule has 0 aromatic heterocycles. The maximum atomic E-state index is 12.0. The van der Waals surface area contributed by atoms with Crippen LogP contribution in [-0.4, -0.2) is 25.9 Å². The van der Waals surface area contributed by atoms with Crippen LogP contribution in [0.15, 0.2) is 34.1 Å². The van der Waals surface area contributed by atoms with E-state index in [1.54, 1.807) is 0 Å². The van der Waals surface area contributed by atoms with Crippen LogP contribution in [0.3, 0.4) is 0 Å². The molecule has 0 aliphatic rings. The van der Waals surface area contributed by atoms with Gasteiger partial charge < -0.3 is 10.8 Å². The summed E-state index contributed by atoms with van der Waals surface area (Å²) >= 11 is 0. The first-order chi connectivity index (χ1) is 9.03. The van der Waals surface area contributed by atoms with Crippen LogP contribution in [0.25, 0.3) is 10.8 Å². The Hall–Kier alpha value is -0.880. The zero-order valence-corrected chi connectivity index (χ0v) is 14.3. The molecule has 8 nitrogen and oxygen atoms in total. The van der Waals surface area contributed by atoms with Crippen molar-refractivity contribution in [3.63, 3.8) is 0 Å². The third kappa shape index (κ3) is 3.31. The Labute approximate surface area is 142 Å². The Balaban J connectivity index is 0.00000220. The smallest absolute Gasteiger partial charge is 0.871 e. The minimum atomic E-state index is -4.77. The Morgan fingerprint density at radius 2 is 1.38 bits per heavy atom. The molecular formula is C10H8NNaO7S2. The fourth-order valence-electron chi connectivity index (χ4n) is 1.82. The van der Waals surface area contributed by atoms with E-state index in [-0.39, 0.29) is 40.6 Å². The van der Waals surface area contributed by atoms with E-state index >= 15 is 0 Å². The van der Waals surface area contributed by atoms with Gasteiger partial charge in [0, 0.05) is 11.1 Å². The quantitative estimate of drug-likeness (QED) is 0.296. The zero-order chi connectivity index (χ0) is 15.3. The van der Waals surface area contributed by atoms with Gasteiger partial charge in [0.2, 0.25) is 0 Å². The van der Waals surface area contributed by atoms with Gasteiger partial charge in [-0.25, -0.2) is 0 Å². The Morgan fingerprint density at radius 1 is 0.905 bits per heavy atom. The summed E-state index contributed by atoms with van der Waals surface area (Å²) in [4.78, 5) is -1.51. The van der Waals surface area contributed by atoms with Gasteiger partial charge in [0.15, 0.2) is 0 Å². The SMILES string of the molecule is Nc1ccc(S(=O)(=O)O)c2ccc(S(=O)(=O)O)c([O-])c12.[Na+]. The van der Waals surface area contributed by atoms with Crippen molar-refractivity contribution in [1.29, 1.82) is 0 Å². The van der Waals surface area contributed by atoms with E-state index in [2.05, 4.69) is 0 Å². The minimum Gasteiger partial charge on any atom is -0.871 e. The predicted molar refractivity (Wildman–Crippen MR) is 67.4 cm³/mol. The van der Waals surface area contributed by atoms with Gasteiger partial charge in [-0.05, 0) is 23.6 Å². The molecule has 0 aliphatic heterocycles. The van der Waals surface area contributed by atoms with Crippen LogP contribution in [0.1, 0.15) is 0 Å². The van der Waals surface area contributed by atoms with Gasteiger partial charge in [0.25, 0.3) is 20.2 Å². The molecule has 0 atom stereocenters. The van der Waals surface area contributed by atoms with E-state index in [0.717, 1.165) is 24.3 Å². The molecule has 0 fully saturated rings. The van der Waals surface area contributed by atoms with Crippen LogP contribution >= 0.6 is 0 Å². The van der Waals surface area contributed by atoms with Crippen LogP contribution in [0.5, 0.6) is 5.75 Å². The van der Waals surface area contributed by atoms with E-state index < -0.39 is 41.2 Å². The average Bonchev–Trinajstić information content (AvgIpc) is 2.25. The second kappa shape index (κ2) is 5.72. The third-order valence-electron chi connectivity index (χ3n) is 2.65. The van der Waals surface area contributed by atoms with Crippen LogP contribution in [0.2, 0.25) is 0 Å². The van der Waals surface area contributed by atoms with E-state index in [1.165, 1.54) is 0 Å². The van der Waals surface area contributed by atoms with Gasteiger partial charge >= 0.3 is 29.6 Å². The molecule has 11 heteroatoms. The average molecular weight is 341 g/mol. The molecule has 0 aliphatic carbocycles. The molecule has 2 aromatic carbocycles. The molecule has 4 N–H and O–H groups in total. The normalized spacial score (nSPS) is 12.1. The van der Waals surface area contributed by atoms with Gasteiger partial charge in [-0.1, -0.05) is 11.8 Å². The van der Waals surface area contributed by atoms with Gasteiger partial charge in [0.05, 0.1) is 4.90 Å². The number of hydrogen-bond acceptors (Lipinski definition) is 6. The van der Waals surface area contributed by atoms with Gasteiger partial charge in [-0.3, -0.25) is 9.11 Å². The van der Waals surface area contributed by atoms with Crippen molar-refractivity contribution in [1.82, 2.24) is 0 Å². The topological polar surface area (TPSA) is 158 Å². The van der Waals surface area contributed by atoms with Gasteiger partial charge in [-0.2, -0.15) is 16.8 Å². The maximum absolute atomic E-state index is 12.0. The summed E-state index contributed by atoms with van der Waals surface area (Å²) in [7, 11) is -9.39. The first-order valence-corrected chi connectivity index (χ1v) is 7.88. The number of rotatable bonds is 2. The molecule has 0 radical (unpaired) electrons. The van der Waals surface area contributed by atoms with Crippen LogP contribution in [0, 0.1) is 0 Å². The van der Waals surface area contributed by atoms with Gasteiger partial charge in [-0.15, -0.1) is 0 Å². The number of hydrogen-bond donors (Lipinski definition) is 3. The Morgan fingerprint density at radius 3 is 1.86 bits per heavy atom. The first-order valence-electron chi connectivity index (χ1n) is 5.00. The molecule has 0 saturated carbocycles. The molecule has 0 bridgehead atoms. The molecular weight excluding hydrogens is 333 g/mol. The Bertz CT molecular complexity index is 922. The van der Waals surface area contributed by atoms with E-state index in [9.17, 15) is 21.9 Å². The summed E-state index contributed by atoms with van der Waals surface area (Å²) < 4.78 is 62.4. The van der Waals surface area contributed by atoms with Crippen LogP contribution in [0.4, 0.5) is 5.69 Å². The maximum Gasteiger partial charge on any atom is 1.00 e. The second-order valence-electron chi connectivity index (χ2n) is 3.92. The van der Waals surface area contributed by atoms with Crippen molar-refractivity contribution in [3.05, 3.63) is 24.3 Å². The number of nitrogens with two attached hydrogens (primary N) is 1. The van der Waals surface area contributed by atoms with Crippen molar-refractivity contribution in [2.45, 2.75) is 9.79 Å².